The van der Waals surface area contributed by atoms with Crippen LogP contribution in [0.15, 0.2) is 0 Å². The van der Waals surface area contributed by atoms with Crippen LogP contribution in [0.2, 0.25) is 0 Å². The first-order chi connectivity index (χ1) is 7.53. The fourth-order valence-corrected chi connectivity index (χ4v) is 0.499. The molecule has 0 aromatic carbocycles. The summed E-state index contributed by atoms with van der Waals surface area (Å²) in [6.45, 7) is 4.64. The Bertz CT molecular complexity index is 227. The largest absolute Gasteiger partial charge is 0.332 e. The molecule has 1 radical (unpaired) electrons. The minimum absolute atomic E-state index is 0. The van der Waals surface area contributed by atoms with Crippen molar-refractivity contribution < 1.29 is 46.0 Å². The zero-order valence-electron chi connectivity index (χ0n) is 9.82. The van der Waals surface area contributed by atoms with Crippen molar-refractivity contribution in [2.45, 2.75) is 40.0 Å². The van der Waals surface area contributed by atoms with Crippen molar-refractivity contribution in [3.63, 3.8) is 0 Å². The van der Waals surface area contributed by atoms with E-state index < -0.39 is 17.9 Å². The summed E-state index contributed by atoms with van der Waals surface area (Å²) in [5, 5.41) is 0.142. The van der Waals surface area contributed by atoms with Crippen LogP contribution in [0.3, 0.4) is 0 Å². The van der Waals surface area contributed by atoms with Gasteiger partial charge in [-0.3, -0.25) is 14.4 Å². The number of rotatable bonds is 6. The molecule has 8 heteroatoms. The molecule has 0 saturated heterocycles. The first-order valence-corrected chi connectivity index (χ1v) is 4.95. The predicted molar refractivity (Wildman–Crippen MR) is 51.0 cm³/mol. The third kappa shape index (κ3) is 8.67. The van der Waals surface area contributed by atoms with Gasteiger partial charge in [-0.2, -0.15) is 0 Å². The van der Waals surface area contributed by atoms with Gasteiger partial charge in [0.2, 0.25) is 5.39 Å². The molecule has 17 heavy (non-hydrogen) atoms. The molecule has 0 unspecified atom stereocenters. The monoisotopic (exact) mass is 296 g/mol. The summed E-state index contributed by atoms with van der Waals surface area (Å²) in [7, 11) is 0. The molecule has 0 aliphatic heterocycles. The van der Waals surface area contributed by atoms with Crippen LogP contribution < -0.4 is 0 Å². The Hall–Kier alpha value is -1.11. The van der Waals surface area contributed by atoms with Gasteiger partial charge in [0.05, 0.1) is 0 Å². The molecule has 0 aliphatic carbocycles. The molecule has 0 bridgehead atoms. The van der Waals surface area contributed by atoms with Crippen LogP contribution >= 0.6 is 0 Å². The van der Waals surface area contributed by atoms with Gasteiger partial charge in [0, 0.05) is 36.3 Å². The second-order valence-corrected chi connectivity index (χ2v) is 2.67. The van der Waals surface area contributed by atoms with Crippen LogP contribution in [0.25, 0.3) is 0 Å². The molecule has 0 N–H and O–H groups in total. The van der Waals surface area contributed by atoms with Crippen LogP contribution in [-0.4, -0.2) is 23.3 Å². The molecular weight excluding hydrogens is 282 g/mol. The summed E-state index contributed by atoms with van der Waals surface area (Å²) in [5.74, 6) is -2.06. The van der Waals surface area contributed by atoms with E-state index >= 15 is 0 Å². The Kier molecular flexibility index (Phi) is 10.8. The van der Waals surface area contributed by atoms with Gasteiger partial charge in [-0.25, -0.2) is 0 Å². The van der Waals surface area contributed by atoms with Crippen molar-refractivity contribution in [1.82, 2.24) is 5.39 Å². The Labute approximate surface area is 110 Å². The number of carbonyl (C=O) groups excluding carboxylic acids is 3. The standard InChI is InChI=1S/C9H15NO6.Cu/c1-4-7(11)14-10(15-8(12)5-2)16-9(13)6-3;/h4-6H2,1-3H3;. The molecule has 103 valence electrons. The third-order valence-electron chi connectivity index (χ3n) is 1.40. The second kappa shape index (κ2) is 10.1. The first kappa shape index (κ1) is 18.3. The smallest absolute Gasteiger partial charge is 0.300 e. The van der Waals surface area contributed by atoms with Crippen LogP contribution in [0.4, 0.5) is 0 Å². The van der Waals surface area contributed by atoms with E-state index in [-0.39, 0.29) is 41.7 Å². The normalized spacial score (nSPS) is 9.18. The number of carbonyl (C=O) groups is 3. The Morgan fingerprint density at radius 3 is 1.18 bits per heavy atom. The number of nitrogens with zero attached hydrogens (tertiary/aromatic N) is 1. The van der Waals surface area contributed by atoms with Crippen LogP contribution in [0.5, 0.6) is 0 Å². The summed E-state index contributed by atoms with van der Waals surface area (Å²) in [4.78, 5) is 46.1. The van der Waals surface area contributed by atoms with Gasteiger partial charge in [0.25, 0.3) is 0 Å². The molecule has 0 atom stereocenters. The van der Waals surface area contributed by atoms with E-state index in [1.165, 1.54) is 0 Å². The first-order valence-electron chi connectivity index (χ1n) is 4.95. The van der Waals surface area contributed by atoms with Crippen LogP contribution in [0.1, 0.15) is 40.0 Å². The quantitative estimate of drug-likeness (QED) is 0.532. The van der Waals surface area contributed by atoms with Gasteiger partial charge >= 0.3 is 17.9 Å². The van der Waals surface area contributed by atoms with Gasteiger partial charge in [-0.05, 0) is 0 Å². The van der Waals surface area contributed by atoms with Crippen LogP contribution in [0, 0.1) is 0 Å². The maximum Gasteiger partial charge on any atom is 0.332 e. The van der Waals surface area contributed by atoms with E-state index in [1.54, 1.807) is 20.8 Å². The molecule has 0 rings (SSSR count). The summed E-state index contributed by atoms with van der Waals surface area (Å²) in [5.41, 5.74) is 0. The van der Waals surface area contributed by atoms with Gasteiger partial charge in [0.1, 0.15) is 0 Å². The fraction of sp³-hybridized carbons (Fsp3) is 0.667. The minimum Gasteiger partial charge on any atom is -0.300 e. The molecule has 0 heterocycles. The average Bonchev–Trinajstić information content (AvgIpc) is 2.28. The van der Waals surface area contributed by atoms with Crippen molar-refractivity contribution in [2.75, 3.05) is 0 Å². The molecule has 0 spiro atoms. The van der Waals surface area contributed by atoms with E-state index in [9.17, 15) is 14.4 Å². The Morgan fingerprint density at radius 2 is 1.00 bits per heavy atom. The molecule has 0 amide bonds. The maximum absolute atomic E-state index is 10.9. The van der Waals surface area contributed by atoms with E-state index in [4.69, 9.17) is 0 Å². The van der Waals surface area contributed by atoms with E-state index in [1.807, 2.05) is 0 Å². The molecule has 0 saturated carbocycles. The van der Waals surface area contributed by atoms with Crippen molar-refractivity contribution >= 4 is 17.9 Å². The van der Waals surface area contributed by atoms with Gasteiger partial charge < -0.3 is 14.5 Å². The van der Waals surface area contributed by atoms with E-state index in [0.717, 1.165) is 0 Å². The van der Waals surface area contributed by atoms with Gasteiger partial charge in [-0.15, -0.1) is 0 Å². The third-order valence-corrected chi connectivity index (χ3v) is 1.40. The topological polar surface area (TPSA) is 82.1 Å². The Balaban J connectivity index is 0. The zero-order valence-corrected chi connectivity index (χ0v) is 10.8. The van der Waals surface area contributed by atoms with Crippen LogP contribution in [-0.2, 0) is 46.0 Å². The molecule has 7 nitrogen and oxygen atoms in total. The maximum atomic E-state index is 10.9. The SMILES string of the molecule is CCC(=O)ON(OC(=O)CC)OC(=O)CC.[Cu]. The molecule has 0 aromatic heterocycles. The van der Waals surface area contributed by atoms with Crippen molar-refractivity contribution in [3.05, 3.63) is 0 Å². The summed E-state index contributed by atoms with van der Waals surface area (Å²) >= 11 is 0. The van der Waals surface area contributed by atoms with Gasteiger partial charge in [0.15, 0.2) is 0 Å². The van der Waals surface area contributed by atoms with Gasteiger partial charge in [-0.1, -0.05) is 20.8 Å². The molecule has 0 aliphatic rings. The zero-order chi connectivity index (χ0) is 12.6. The van der Waals surface area contributed by atoms with Crippen molar-refractivity contribution in [2.24, 2.45) is 0 Å². The summed E-state index contributed by atoms with van der Waals surface area (Å²) in [6, 6.07) is 0. The summed E-state index contributed by atoms with van der Waals surface area (Å²) < 4.78 is 0. The molecular formula is C9H15CuNO6. The fourth-order valence-electron chi connectivity index (χ4n) is 0.499. The minimum atomic E-state index is -0.687. The van der Waals surface area contributed by atoms with Crippen molar-refractivity contribution in [3.8, 4) is 0 Å². The second-order valence-electron chi connectivity index (χ2n) is 2.67. The number of hydrogen-bond donors (Lipinski definition) is 0. The number of hydrogen-bond acceptors (Lipinski definition) is 7. The van der Waals surface area contributed by atoms with E-state index in [2.05, 4.69) is 14.5 Å². The predicted octanol–water partition coefficient (Wildman–Crippen LogP) is 0.890. The Morgan fingerprint density at radius 1 is 0.765 bits per heavy atom. The van der Waals surface area contributed by atoms with Crippen molar-refractivity contribution in [1.29, 1.82) is 0 Å². The van der Waals surface area contributed by atoms with E-state index in [0.29, 0.717) is 0 Å². The summed E-state index contributed by atoms with van der Waals surface area (Å²) in [6.07, 6.45) is 0.178. The average molecular weight is 297 g/mol. The molecule has 0 fully saturated rings. The molecule has 0 aromatic rings.